The van der Waals surface area contributed by atoms with Gasteiger partial charge in [-0.3, -0.25) is 9.48 Å². The molecule has 1 aliphatic rings. The molecule has 0 saturated heterocycles. The molecule has 0 bridgehead atoms. The van der Waals surface area contributed by atoms with Crippen LogP contribution in [0, 0.1) is 0 Å². The van der Waals surface area contributed by atoms with Crippen LogP contribution in [0.4, 0.5) is 0 Å². The zero-order valence-electron chi connectivity index (χ0n) is 10.2. The molecular formula is C13H15N3O2. The maximum Gasteiger partial charge on any atom is 0.258 e. The lowest BCUT2D eigenvalue weighted by molar-refractivity contribution is -0.123. The highest BCUT2D eigenvalue weighted by Crippen LogP contribution is 2.23. The van der Waals surface area contributed by atoms with Crippen LogP contribution in [0.3, 0.4) is 0 Å². The smallest absolute Gasteiger partial charge is 0.258 e. The van der Waals surface area contributed by atoms with Crippen LogP contribution in [0.15, 0.2) is 24.3 Å². The van der Waals surface area contributed by atoms with Crippen LogP contribution >= 0.6 is 0 Å². The standard InChI is InChI=1S/C13H15N3O2/c1-16-11-5-3-2-4-10(11)13(15-16)18-8-12(17)14-9-6-7-9/h2-5,9H,6-8H2,1H3,(H,14,17). The monoisotopic (exact) mass is 245 g/mol. The zero-order chi connectivity index (χ0) is 12.5. The van der Waals surface area contributed by atoms with E-state index in [0.717, 1.165) is 23.7 Å². The van der Waals surface area contributed by atoms with Gasteiger partial charge in [0.05, 0.1) is 10.9 Å². The van der Waals surface area contributed by atoms with E-state index in [1.807, 2.05) is 31.3 Å². The average molecular weight is 245 g/mol. The first kappa shape index (κ1) is 11.1. The quantitative estimate of drug-likeness (QED) is 0.881. The number of carbonyl (C=O) groups excluding carboxylic acids is 1. The lowest BCUT2D eigenvalue weighted by Gasteiger charge is -2.04. The van der Waals surface area contributed by atoms with Gasteiger partial charge in [0.15, 0.2) is 6.61 Å². The Morgan fingerprint density at radius 3 is 3.06 bits per heavy atom. The normalized spacial score (nSPS) is 14.7. The Labute approximate surface area is 105 Å². The number of ether oxygens (including phenoxy) is 1. The number of para-hydroxylation sites is 1. The maximum atomic E-state index is 11.5. The molecule has 94 valence electrons. The molecule has 1 saturated carbocycles. The van der Waals surface area contributed by atoms with Crippen molar-refractivity contribution in [1.29, 1.82) is 0 Å². The highest BCUT2D eigenvalue weighted by Gasteiger charge is 2.23. The van der Waals surface area contributed by atoms with Crippen molar-refractivity contribution in [2.75, 3.05) is 6.61 Å². The van der Waals surface area contributed by atoms with E-state index in [2.05, 4.69) is 10.4 Å². The number of benzene rings is 1. The number of aryl methyl sites for hydroxylation is 1. The minimum Gasteiger partial charge on any atom is -0.466 e. The summed E-state index contributed by atoms with van der Waals surface area (Å²) in [5.41, 5.74) is 0.995. The Balaban J connectivity index is 1.72. The van der Waals surface area contributed by atoms with Crippen LogP contribution in [-0.4, -0.2) is 28.3 Å². The second kappa shape index (κ2) is 4.33. The molecule has 1 amide bonds. The number of amides is 1. The molecule has 1 fully saturated rings. The van der Waals surface area contributed by atoms with E-state index < -0.39 is 0 Å². The van der Waals surface area contributed by atoms with Gasteiger partial charge in [-0.15, -0.1) is 5.10 Å². The van der Waals surface area contributed by atoms with Gasteiger partial charge in [0, 0.05) is 13.1 Å². The molecule has 3 rings (SSSR count). The van der Waals surface area contributed by atoms with Crippen LogP contribution in [0.5, 0.6) is 5.88 Å². The molecule has 1 aromatic heterocycles. The van der Waals surface area contributed by atoms with E-state index in [0.29, 0.717) is 11.9 Å². The predicted molar refractivity (Wildman–Crippen MR) is 67.4 cm³/mol. The van der Waals surface area contributed by atoms with E-state index in [1.54, 1.807) is 4.68 Å². The average Bonchev–Trinajstić information content (AvgIpc) is 3.12. The van der Waals surface area contributed by atoms with Gasteiger partial charge in [0.25, 0.3) is 5.91 Å². The third-order valence-electron chi connectivity index (χ3n) is 3.01. The summed E-state index contributed by atoms with van der Waals surface area (Å²) in [7, 11) is 1.86. The van der Waals surface area contributed by atoms with Crippen LogP contribution < -0.4 is 10.1 Å². The lowest BCUT2D eigenvalue weighted by atomic mass is 10.2. The van der Waals surface area contributed by atoms with Crippen molar-refractivity contribution in [3.05, 3.63) is 24.3 Å². The summed E-state index contributed by atoms with van der Waals surface area (Å²) in [5, 5.41) is 8.08. The molecule has 1 aromatic carbocycles. The molecule has 5 nitrogen and oxygen atoms in total. The summed E-state index contributed by atoms with van der Waals surface area (Å²) in [4.78, 5) is 11.5. The minimum absolute atomic E-state index is 0.0253. The summed E-state index contributed by atoms with van der Waals surface area (Å²) in [5.74, 6) is 0.436. The summed E-state index contributed by atoms with van der Waals surface area (Å²) in [6, 6.07) is 8.16. The molecule has 0 aliphatic heterocycles. The number of carbonyl (C=O) groups is 1. The number of nitrogens with zero attached hydrogens (tertiary/aromatic N) is 2. The molecule has 5 heteroatoms. The highest BCUT2D eigenvalue weighted by molar-refractivity contribution is 5.85. The zero-order valence-corrected chi connectivity index (χ0v) is 10.2. The maximum absolute atomic E-state index is 11.5. The SMILES string of the molecule is Cn1nc(OCC(=O)NC2CC2)c2ccccc21. The van der Waals surface area contributed by atoms with Crippen molar-refractivity contribution < 1.29 is 9.53 Å². The van der Waals surface area contributed by atoms with Crippen LogP contribution in [0.25, 0.3) is 10.9 Å². The van der Waals surface area contributed by atoms with E-state index >= 15 is 0 Å². The largest absolute Gasteiger partial charge is 0.466 e. The minimum atomic E-state index is -0.0766. The van der Waals surface area contributed by atoms with Gasteiger partial charge in [-0.2, -0.15) is 0 Å². The Bertz CT molecular complexity index is 587. The molecule has 0 atom stereocenters. The molecule has 0 unspecified atom stereocenters. The Hall–Kier alpha value is -2.04. The fourth-order valence-corrected chi connectivity index (χ4v) is 1.92. The lowest BCUT2D eigenvalue weighted by Crippen LogP contribution is -2.30. The van der Waals surface area contributed by atoms with Crippen molar-refractivity contribution in [1.82, 2.24) is 15.1 Å². The predicted octanol–water partition coefficient (Wildman–Crippen LogP) is 1.23. The van der Waals surface area contributed by atoms with Gasteiger partial charge in [-0.1, -0.05) is 12.1 Å². The van der Waals surface area contributed by atoms with Crippen LogP contribution in [0.2, 0.25) is 0 Å². The number of nitrogens with one attached hydrogen (secondary N) is 1. The number of hydrogen-bond acceptors (Lipinski definition) is 3. The van der Waals surface area contributed by atoms with Gasteiger partial charge < -0.3 is 10.1 Å². The van der Waals surface area contributed by atoms with E-state index in [1.165, 1.54) is 0 Å². The van der Waals surface area contributed by atoms with Crippen molar-refractivity contribution in [2.45, 2.75) is 18.9 Å². The Morgan fingerprint density at radius 2 is 2.28 bits per heavy atom. The summed E-state index contributed by atoms with van der Waals surface area (Å²) >= 11 is 0. The van der Waals surface area contributed by atoms with Crippen molar-refractivity contribution in [3.8, 4) is 5.88 Å². The highest BCUT2D eigenvalue weighted by atomic mass is 16.5. The van der Waals surface area contributed by atoms with Crippen molar-refractivity contribution in [2.24, 2.45) is 7.05 Å². The molecule has 2 aromatic rings. The van der Waals surface area contributed by atoms with Gasteiger partial charge in [-0.25, -0.2) is 0 Å². The molecule has 0 spiro atoms. The number of fused-ring (bicyclic) bond motifs is 1. The number of hydrogen-bond donors (Lipinski definition) is 1. The summed E-state index contributed by atoms with van der Waals surface area (Å²) in [6.07, 6.45) is 2.16. The van der Waals surface area contributed by atoms with E-state index in [-0.39, 0.29) is 12.5 Å². The topological polar surface area (TPSA) is 56.2 Å². The third kappa shape index (κ3) is 2.16. The van der Waals surface area contributed by atoms with Crippen molar-refractivity contribution in [3.63, 3.8) is 0 Å². The fraction of sp³-hybridized carbons (Fsp3) is 0.385. The molecule has 1 N–H and O–H groups in total. The van der Waals surface area contributed by atoms with Gasteiger partial charge in [-0.05, 0) is 25.0 Å². The number of aromatic nitrogens is 2. The first-order valence-corrected chi connectivity index (χ1v) is 6.08. The molecular weight excluding hydrogens is 230 g/mol. The Morgan fingerprint density at radius 1 is 1.50 bits per heavy atom. The van der Waals surface area contributed by atoms with Gasteiger partial charge in [0.2, 0.25) is 5.88 Å². The number of rotatable bonds is 4. The fourth-order valence-electron chi connectivity index (χ4n) is 1.92. The second-order valence-corrected chi connectivity index (χ2v) is 4.58. The van der Waals surface area contributed by atoms with Crippen LogP contribution in [-0.2, 0) is 11.8 Å². The van der Waals surface area contributed by atoms with Crippen molar-refractivity contribution >= 4 is 16.8 Å². The van der Waals surface area contributed by atoms with Gasteiger partial charge >= 0.3 is 0 Å². The molecule has 1 aliphatic carbocycles. The van der Waals surface area contributed by atoms with Crippen LogP contribution in [0.1, 0.15) is 12.8 Å². The molecule has 1 heterocycles. The molecule has 0 radical (unpaired) electrons. The molecule has 18 heavy (non-hydrogen) atoms. The first-order chi connectivity index (χ1) is 8.74. The Kier molecular flexibility index (Phi) is 2.66. The summed E-state index contributed by atoms with van der Waals surface area (Å²) in [6.45, 7) is 0.0253. The summed E-state index contributed by atoms with van der Waals surface area (Å²) < 4.78 is 7.24. The first-order valence-electron chi connectivity index (χ1n) is 6.08. The van der Waals surface area contributed by atoms with E-state index in [4.69, 9.17) is 4.74 Å². The van der Waals surface area contributed by atoms with E-state index in [9.17, 15) is 4.79 Å². The second-order valence-electron chi connectivity index (χ2n) is 4.58. The third-order valence-corrected chi connectivity index (χ3v) is 3.01. The van der Waals surface area contributed by atoms with Gasteiger partial charge in [0.1, 0.15) is 0 Å².